The van der Waals surface area contributed by atoms with Gasteiger partial charge in [0.2, 0.25) is 11.8 Å². The second kappa shape index (κ2) is 9.33. The lowest BCUT2D eigenvalue weighted by Gasteiger charge is -2.16. The Morgan fingerprint density at radius 1 is 1.15 bits per heavy atom. The molecule has 0 aliphatic rings. The standard InChI is InChI=1S/C21H24N4O2/c1-15-7-6-8-16(13-15)11-12-25(2)19(26)14-18(22)20(23)21(24)27-17-9-4-3-5-10-17/h3-10,13-14,23-24H,11-12,22H2,1-2H3/b18-14+,23-20?,24-21?. The van der Waals surface area contributed by atoms with Crippen molar-refractivity contribution in [2.45, 2.75) is 13.3 Å². The molecule has 0 aliphatic heterocycles. The molecule has 2 aromatic rings. The molecule has 1 amide bonds. The average molecular weight is 364 g/mol. The van der Waals surface area contributed by atoms with Gasteiger partial charge in [-0.05, 0) is 31.0 Å². The van der Waals surface area contributed by atoms with Gasteiger partial charge in [-0.15, -0.1) is 0 Å². The molecule has 2 rings (SSSR count). The van der Waals surface area contributed by atoms with Crippen LogP contribution in [0.15, 0.2) is 66.4 Å². The number of aryl methyl sites for hydroxylation is 1. The molecule has 2 aromatic carbocycles. The molecule has 0 unspecified atom stereocenters. The highest BCUT2D eigenvalue weighted by molar-refractivity contribution is 6.43. The van der Waals surface area contributed by atoms with Crippen molar-refractivity contribution >= 4 is 17.5 Å². The van der Waals surface area contributed by atoms with Crippen molar-refractivity contribution in [1.29, 1.82) is 10.8 Å². The normalized spacial score (nSPS) is 11.0. The number of rotatable bonds is 7. The summed E-state index contributed by atoms with van der Waals surface area (Å²) in [5.41, 5.74) is 7.69. The lowest BCUT2D eigenvalue weighted by Crippen LogP contribution is -2.30. The van der Waals surface area contributed by atoms with Crippen molar-refractivity contribution < 1.29 is 9.53 Å². The number of ether oxygens (including phenoxy) is 1. The minimum atomic E-state index is -0.412. The van der Waals surface area contributed by atoms with E-state index in [0.717, 1.165) is 18.1 Å². The molecule has 0 aromatic heterocycles. The highest BCUT2D eigenvalue weighted by Gasteiger charge is 2.14. The second-order valence-electron chi connectivity index (χ2n) is 6.22. The molecule has 0 saturated carbocycles. The Labute approximate surface area is 159 Å². The predicted molar refractivity (Wildman–Crippen MR) is 107 cm³/mol. The first-order valence-corrected chi connectivity index (χ1v) is 8.55. The molecule has 0 bridgehead atoms. The topological polar surface area (TPSA) is 103 Å². The fraction of sp³-hybridized carbons (Fsp3) is 0.190. The summed E-state index contributed by atoms with van der Waals surface area (Å²) in [5.74, 6) is -0.302. The number of para-hydroxylation sites is 1. The summed E-state index contributed by atoms with van der Waals surface area (Å²) in [6.45, 7) is 2.55. The summed E-state index contributed by atoms with van der Waals surface area (Å²) in [4.78, 5) is 13.8. The summed E-state index contributed by atoms with van der Waals surface area (Å²) in [6.07, 6.45) is 1.88. The lowest BCUT2D eigenvalue weighted by molar-refractivity contribution is -0.124. The minimum Gasteiger partial charge on any atom is -0.437 e. The Hall–Kier alpha value is -3.41. The zero-order valence-electron chi connectivity index (χ0n) is 15.5. The van der Waals surface area contributed by atoms with E-state index in [1.165, 1.54) is 10.5 Å². The van der Waals surface area contributed by atoms with E-state index < -0.39 is 5.90 Å². The third-order valence-corrected chi connectivity index (χ3v) is 3.95. The third-order valence-electron chi connectivity index (χ3n) is 3.95. The SMILES string of the molecule is Cc1cccc(CCN(C)C(=O)/C=C(/N)C(=N)C(=N)Oc2ccccc2)c1. The van der Waals surface area contributed by atoms with Gasteiger partial charge in [-0.25, -0.2) is 0 Å². The average Bonchev–Trinajstić information content (AvgIpc) is 2.66. The van der Waals surface area contributed by atoms with Gasteiger partial charge in [-0.2, -0.15) is 0 Å². The van der Waals surface area contributed by atoms with Crippen LogP contribution in [-0.4, -0.2) is 36.0 Å². The molecule has 6 nitrogen and oxygen atoms in total. The van der Waals surface area contributed by atoms with Gasteiger partial charge in [0.25, 0.3) is 0 Å². The van der Waals surface area contributed by atoms with E-state index >= 15 is 0 Å². The number of carbonyl (C=O) groups is 1. The molecular weight excluding hydrogens is 340 g/mol. The number of nitrogens with two attached hydrogens (primary N) is 1. The first-order valence-electron chi connectivity index (χ1n) is 8.55. The second-order valence-corrected chi connectivity index (χ2v) is 6.22. The third kappa shape index (κ3) is 6.11. The predicted octanol–water partition coefficient (Wildman–Crippen LogP) is 2.91. The largest absolute Gasteiger partial charge is 0.437 e. The molecule has 0 atom stereocenters. The molecule has 0 radical (unpaired) electrons. The van der Waals surface area contributed by atoms with Gasteiger partial charge < -0.3 is 15.4 Å². The Balaban J connectivity index is 1.91. The number of amides is 1. The van der Waals surface area contributed by atoms with E-state index in [9.17, 15) is 4.79 Å². The van der Waals surface area contributed by atoms with Crippen LogP contribution in [0.3, 0.4) is 0 Å². The minimum absolute atomic E-state index is 0.108. The van der Waals surface area contributed by atoms with Gasteiger partial charge in [-0.1, -0.05) is 48.0 Å². The van der Waals surface area contributed by atoms with Crippen LogP contribution >= 0.6 is 0 Å². The summed E-state index contributed by atoms with van der Waals surface area (Å²) in [5, 5.41) is 15.8. The maximum Gasteiger partial charge on any atom is 0.248 e. The van der Waals surface area contributed by atoms with Crippen molar-refractivity contribution in [2.75, 3.05) is 13.6 Å². The molecular formula is C21H24N4O2. The van der Waals surface area contributed by atoms with Crippen molar-refractivity contribution in [2.24, 2.45) is 5.73 Å². The maximum absolute atomic E-state index is 12.3. The Kier molecular flexibility index (Phi) is 6.88. The number of hydrogen-bond donors (Lipinski definition) is 3. The molecule has 0 saturated heterocycles. The van der Waals surface area contributed by atoms with Crippen LogP contribution in [0.4, 0.5) is 0 Å². The quantitative estimate of drug-likeness (QED) is 0.400. The smallest absolute Gasteiger partial charge is 0.248 e. The van der Waals surface area contributed by atoms with Gasteiger partial charge >= 0.3 is 0 Å². The van der Waals surface area contributed by atoms with Crippen LogP contribution in [0.5, 0.6) is 5.75 Å². The zero-order valence-corrected chi connectivity index (χ0v) is 15.5. The van der Waals surface area contributed by atoms with Gasteiger partial charge in [-0.3, -0.25) is 15.6 Å². The van der Waals surface area contributed by atoms with Crippen LogP contribution in [0.2, 0.25) is 0 Å². The van der Waals surface area contributed by atoms with Crippen molar-refractivity contribution in [3.05, 3.63) is 77.5 Å². The van der Waals surface area contributed by atoms with Crippen LogP contribution in [-0.2, 0) is 11.2 Å². The number of carbonyl (C=O) groups excluding carboxylic acids is 1. The highest BCUT2D eigenvalue weighted by Crippen LogP contribution is 2.10. The molecule has 4 N–H and O–H groups in total. The summed E-state index contributed by atoms with van der Waals surface area (Å²) < 4.78 is 5.27. The maximum atomic E-state index is 12.3. The lowest BCUT2D eigenvalue weighted by atomic mass is 10.1. The molecule has 140 valence electrons. The molecule has 27 heavy (non-hydrogen) atoms. The number of hydrogen-bond acceptors (Lipinski definition) is 5. The summed E-state index contributed by atoms with van der Waals surface area (Å²) in [7, 11) is 1.68. The molecule has 6 heteroatoms. The number of nitrogens with zero attached hydrogens (tertiary/aromatic N) is 1. The van der Waals surface area contributed by atoms with E-state index in [1.54, 1.807) is 31.3 Å². The van der Waals surface area contributed by atoms with Crippen LogP contribution in [0, 0.1) is 17.7 Å². The Morgan fingerprint density at radius 2 is 1.85 bits per heavy atom. The first kappa shape index (κ1) is 19.9. The fourth-order valence-electron chi connectivity index (χ4n) is 2.38. The number of benzene rings is 2. The Bertz CT molecular complexity index is 859. The van der Waals surface area contributed by atoms with E-state index in [4.69, 9.17) is 21.3 Å². The number of nitrogens with one attached hydrogen (secondary N) is 2. The zero-order chi connectivity index (χ0) is 19.8. The Morgan fingerprint density at radius 3 is 2.52 bits per heavy atom. The van der Waals surface area contributed by atoms with Crippen LogP contribution < -0.4 is 10.5 Å². The first-order chi connectivity index (χ1) is 12.9. The molecule has 0 aliphatic carbocycles. The number of likely N-dealkylation sites (N-methyl/N-ethyl adjacent to an activating group) is 1. The van der Waals surface area contributed by atoms with Gasteiger partial charge in [0.15, 0.2) is 0 Å². The summed E-state index contributed by atoms with van der Waals surface area (Å²) >= 11 is 0. The van der Waals surface area contributed by atoms with Gasteiger partial charge in [0.05, 0.1) is 5.70 Å². The molecule has 0 heterocycles. The van der Waals surface area contributed by atoms with E-state index in [2.05, 4.69) is 6.07 Å². The van der Waals surface area contributed by atoms with Crippen LogP contribution in [0.25, 0.3) is 0 Å². The monoisotopic (exact) mass is 364 g/mol. The fourth-order valence-corrected chi connectivity index (χ4v) is 2.38. The van der Waals surface area contributed by atoms with E-state index in [1.807, 2.05) is 31.2 Å². The molecule has 0 fully saturated rings. The van der Waals surface area contributed by atoms with Crippen molar-refractivity contribution in [1.82, 2.24) is 4.90 Å². The van der Waals surface area contributed by atoms with Crippen LogP contribution in [0.1, 0.15) is 11.1 Å². The van der Waals surface area contributed by atoms with E-state index in [0.29, 0.717) is 12.3 Å². The van der Waals surface area contributed by atoms with Gasteiger partial charge in [0.1, 0.15) is 11.5 Å². The molecule has 0 spiro atoms. The van der Waals surface area contributed by atoms with Crippen molar-refractivity contribution in [3.8, 4) is 5.75 Å². The highest BCUT2D eigenvalue weighted by atomic mass is 16.5. The van der Waals surface area contributed by atoms with E-state index in [-0.39, 0.29) is 17.3 Å². The van der Waals surface area contributed by atoms with Gasteiger partial charge in [0, 0.05) is 19.7 Å². The van der Waals surface area contributed by atoms with Crippen molar-refractivity contribution in [3.63, 3.8) is 0 Å². The summed E-state index contributed by atoms with van der Waals surface area (Å²) in [6, 6.07) is 16.8.